The Kier molecular flexibility index (Phi) is 6.95. The van der Waals surface area contributed by atoms with Gasteiger partial charge in [0.1, 0.15) is 11.5 Å². The summed E-state index contributed by atoms with van der Waals surface area (Å²) in [7, 11) is 0. The summed E-state index contributed by atoms with van der Waals surface area (Å²) in [6.45, 7) is 5.58. The second-order valence-corrected chi connectivity index (χ2v) is 7.37. The van der Waals surface area contributed by atoms with Crippen LogP contribution in [0.1, 0.15) is 25.3 Å². The molecule has 0 amide bonds. The number of fused-ring (bicyclic) bond motifs is 1. The van der Waals surface area contributed by atoms with Crippen LogP contribution in [0.5, 0.6) is 11.5 Å². The molecule has 3 rings (SSSR count). The number of nitrogens with one attached hydrogen (secondary N) is 1. The normalized spacial score (nSPS) is 11.2. The number of benzene rings is 2. The molecule has 2 aromatic carbocycles. The SMILES string of the molecule is CCCN(CCCNc1ccnc2cc(Cl)ccc12)Cc1cc(O)cc(O)c1. The maximum Gasteiger partial charge on any atom is 0.119 e. The molecule has 0 aliphatic rings. The fourth-order valence-electron chi connectivity index (χ4n) is 3.39. The van der Waals surface area contributed by atoms with Crippen LogP contribution < -0.4 is 5.32 Å². The molecule has 0 saturated carbocycles. The number of halogens is 1. The number of aromatic nitrogens is 1. The Balaban J connectivity index is 1.56. The number of pyridine rings is 1. The quantitative estimate of drug-likeness (QED) is 0.441. The van der Waals surface area contributed by atoms with Crippen molar-refractivity contribution in [1.29, 1.82) is 0 Å². The monoisotopic (exact) mass is 399 g/mol. The van der Waals surface area contributed by atoms with Gasteiger partial charge in [-0.3, -0.25) is 9.88 Å². The van der Waals surface area contributed by atoms with Crippen molar-refractivity contribution in [2.45, 2.75) is 26.3 Å². The van der Waals surface area contributed by atoms with Crippen molar-refractivity contribution in [2.24, 2.45) is 0 Å². The Hall–Kier alpha value is -2.50. The standard InChI is InChI=1S/C22H26ClN3O2/c1-2-9-26(15-16-11-18(27)14-19(28)12-16)10-3-7-24-21-6-8-25-22-13-17(23)4-5-20(21)22/h4-6,8,11-14,27-28H,2-3,7,9-10,15H2,1H3,(H,24,25). The molecular weight excluding hydrogens is 374 g/mol. The van der Waals surface area contributed by atoms with E-state index in [1.165, 1.54) is 6.07 Å². The number of phenols is 2. The lowest BCUT2D eigenvalue weighted by molar-refractivity contribution is 0.264. The average Bonchev–Trinajstić information content (AvgIpc) is 2.64. The summed E-state index contributed by atoms with van der Waals surface area (Å²) < 4.78 is 0. The molecule has 1 aromatic heterocycles. The average molecular weight is 400 g/mol. The van der Waals surface area contributed by atoms with Crippen LogP contribution in [0, 0.1) is 0 Å². The third-order valence-corrected chi connectivity index (χ3v) is 4.81. The molecule has 28 heavy (non-hydrogen) atoms. The zero-order valence-electron chi connectivity index (χ0n) is 16.0. The molecule has 0 saturated heterocycles. The molecular formula is C22H26ClN3O2. The van der Waals surface area contributed by atoms with Crippen LogP contribution in [0.25, 0.3) is 10.9 Å². The van der Waals surface area contributed by atoms with E-state index >= 15 is 0 Å². The summed E-state index contributed by atoms with van der Waals surface area (Å²) in [5, 5.41) is 24.6. The molecule has 0 atom stereocenters. The lowest BCUT2D eigenvalue weighted by Crippen LogP contribution is -2.26. The fraction of sp³-hybridized carbons (Fsp3) is 0.318. The number of phenolic OH excluding ortho intramolecular Hbond substituents is 2. The van der Waals surface area contributed by atoms with Gasteiger partial charge < -0.3 is 15.5 Å². The first-order valence-electron chi connectivity index (χ1n) is 9.57. The first-order chi connectivity index (χ1) is 13.5. The molecule has 3 aromatic rings. The van der Waals surface area contributed by atoms with Crippen LogP contribution in [0.3, 0.4) is 0 Å². The highest BCUT2D eigenvalue weighted by Crippen LogP contribution is 2.24. The van der Waals surface area contributed by atoms with Crippen molar-refractivity contribution in [1.82, 2.24) is 9.88 Å². The van der Waals surface area contributed by atoms with E-state index in [0.29, 0.717) is 11.6 Å². The van der Waals surface area contributed by atoms with Gasteiger partial charge >= 0.3 is 0 Å². The Morgan fingerprint density at radius 2 is 1.82 bits per heavy atom. The topological polar surface area (TPSA) is 68.6 Å². The molecule has 0 aliphatic heterocycles. The summed E-state index contributed by atoms with van der Waals surface area (Å²) in [6, 6.07) is 12.5. The van der Waals surface area contributed by atoms with Gasteiger partial charge in [0.05, 0.1) is 5.52 Å². The molecule has 0 radical (unpaired) electrons. The van der Waals surface area contributed by atoms with Gasteiger partial charge in [0.25, 0.3) is 0 Å². The Morgan fingerprint density at radius 1 is 1.04 bits per heavy atom. The number of nitrogens with zero attached hydrogens (tertiary/aromatic N) is 2. The molecule has 5 nitrogen and oxygen atoms in total. The van der Waals surface area contributed by atoms with Gasteiger partial charge in [-0.15, -0.1) is 0 Å². The molecule has 3 N–H and O–H groups in total. The first-order valence-corrected chi connectivity index (χ1v) is 9.95. The maximum atomic E-state index is 9.68. The van der Waals surface area contributed by atoms with Crippen LogP contribution in [0.15, 0.2) is 48.7 Å². The highest BCUT2D eigenvalue weighted by Gasteiger charge is 2.08. The zero-order chi connectivity index (χ0) is 19.9. The minimum atomic E-state index is 0.0952. The van der Waals surface area contributed by atoms with Gasteiger partial charge in [0.15, 0.2) is 0 Å². The smallest absolute Gasteiger partial charge is 0.119 e. The highest BCUT2D eigenvalue weighted by atomic mass is 35.5. The Bertz CT molecular complexity index is 913. The van der Waals surface area contributed by atoms with E-state index in [1.807, 2.05) is 24.3 Å². The second-order valence-electron chi connectivity index (χ2n) is 6.93. The second kappa shape index (κ2) is 9.62. The number of aromatic hydroxyl groups is 2. The van der Waals surface area contributed by atoms with E-state index in [1.54, 1.807) is 18.3 Å². The molecule has 0 spiro atoms. The van der Waals surface area contributed by atoms with Crippen molar-refractivity contribution in [3.63, 3.8) is 0 Å². The van der Waals surface area contributed by atoms with E-state index in [2.05, 4.69) is 22.1 Å². The van der Waals surface area contributed by atoms with Crippen LogP contribution in [-0.2, 0) is 6.54 Å². The van der Waals surface area contributed by atoms with Crippen LogP contribution in [0.4, 0.5) is 5.69 Å². The predicted molar refractivity (Wildman–Crippen MR) is 115 cm³/mol. The summed E-state index contributed by atoms with van der Waals surface area (Å²) in [6.07, 6.45) is 3.81. The van der Waals surface area contributed by atoms with Crippen molar-refractivity contribution < 1.29 is 10.2 Å². The van der Waals surface area contributed by atoms with Gasteiger partial charge in [-0.1, -0.05) is 18.5 Å². The Morgan fingerprint density at radius 3 is 2.57 bits per heavy atom. The fourth-order valence-corrected chi connectivity index (χ4v) is 3.56. The highest BCUT2D eigenvalue weighted by molar-refractivity contribution is 6.31. The lowest BCUT2D eigenvalue weighted by atomic mass is 10.1. The molecule has 6 heteroatoms. The van der Waals surface area contributed by atoms with Crippen molar-refractivity contribution in [2.75, 3.05) is 25.0 Å². The van der Waals surface area contributed by atoms with Crippen molar-refractivity contribution >= 4 is 28.2 Å². The van der Waals surface area contributed by atoms with Crippen LogP contribution in [-0.4, -0.2) is 39.7 Å². The third-order valence-electron chi connectivity index (χ3n) is 4.58. The zero-order valence-corrected chi connectivity index (χ0v) is 16.8. The predicted octanol–water partition coefficient (Wildman–Crippen LogP) is 5.01. The Labute approximate surface area is 170 Å². The van der Waals surface area contributed by atoms with Gasteiger partial charge in [0.2, 0.25) is 0 Å². The van der Waals surface area contributed by atoms with Crippen molar-refractivity contribution in [3.05, 3.63) is 59.2 Å². The van der Waals surface area contributed by atoms with Gasteiger partial charge in [0, 0.05) is 48.0 Å². The van der Waals surface area contributed by atoms with E-state index in [9.17, 15) is 10.2 Å². The number of anilines is 1. The van der Waals surface area contributed by atoms with E-state index in [0.717, 1.165) is 54.6 Å². The number of hydrogen-bond acceptors (Lipinski definition) is 5. The summed E-state index contributed by atoms with van der Waals surface area (Å²) >= 11 is 6.05. The van der Waals surface area contributed by atoms with E-state index in [4.69, 9.17) is 11.6 Å². The van der Waals surface area contributed by atoms with E-state index < -0.39 is 0 Å². The summed E-state index contributed by atoms with van der Waals surface area (Å²) in [5.74, 6) is 0.190. The van der Waals surface area contributed by atoms with E-state index in [-0.39, 0.29) is 11.5 Å². The minimum Gasteiger partial charge on any atom is -0.508 e. The maximum absolute atomic E-state index is 9.68. The summed E-state index contributed by atoms with van der Waals surface area (Å²) in [4.78, 5) is 6.70. The summed E-state index contributed by atoms with van der Waals surface area (Å²) in [5.41, 5.74) is 2.85. The third kappa shape index (κ3) is 5.50. The molecule has 0 fully saturated rings. The molecule has 0 aliphatic carbocycles. The lowest BCUT2D eigenvalue weighted by Gasteiger charge is -2.22. The molecule has 148 valence electrons. The molecule has 0 unspecified atom stereocenters. The molecule has 0 bridgehead atoms. The largest absolute Gasteiger partial charge is 0.508 e. The molecule has 1 heterocycles. The number of hydrogen-bond donors (Lipinski definition) is 3. The van der Waals surface area contributed by atoms with Crippen LogP contribution >= 0.6 is 11.6 Å². The van der Waals surface area contributed by atoms with Gasteiger partial charge in [-0.2, -0.15) is 0 Å². The first kappa shape index (κ1) is 20.2. The van der Waals surface area contributed by atoms with Crippen LogP contribution in [0.2, 0.25) is 5.02 Å². The van der Waals surface area contributed by atoms with Crippen molar-refractivity contribution in [3.8, 4) is 11.5 Å². The number of rotatable bonds is 9. The minimum absolute atomic E-state index is 0.0952. The van der Waals surface area contributed by atoms with Gasteiger partial charge in [-0.25, -0.2) is 0 Å². The van der Waals surface area contributed by atoms with Gasteiger partial charge in [-0.05, 0) is 61.3 Å².